The number of amides is 1. The van der Waals surface area contributed by atoms with Gasteiger partial charge in [0.05, 0.1) is 6.42 Å². The first-order chi connectivity index (χ1) is 7.08. The second-order valence-corrected chi connectivity index (χ2v) is 3.58. The number of hydrogen-bond acceptors (Lipinski definition) is 2. The Kier molecular flexibility index (Phi) is 3.92. The van der Waals surface area contributed by atoms with Gasteiger partial charge in [-0.15, -0.1) is 0 Å². The molecule has 0 heterocycles. The van der Waals surface area contributed by atoms with E-state index in [-0.39, 0.29) is 18.1 Å². The van der Waals surface area contributed by atoms with Crippen LogP contribution >= 0.6 is 0 Å². The molecular formula is C12H15NO2. The lowest BCUT2D eigenvalue weighted by atomic mass is 10.1. The minimum absolute atomic E-state index is 0.0661. The molecule has 1 aromatic carbocycles. The van der Waals surface area contributed by atoms with Crippen molar-refractivity contribution >= 4 is 5.91 Å². The highest BCUT2D eigenvalue weighted by molar-refractivity contribution is 5.78. The smallest absolute Gasteiger partial charge is 0.224 e. The van der Waals surface area contributed by atoms with Crippen LogP contribution in [0.5, 0.6) is 5.75 Å². The topological polar surface area (TPSA) is 49.3 Å². The summed E-state index contributed by atoms with van der Waals surface area (Å²) in [5.41, 5.74) is 1.72. The van der Waals surface area contributed by atoms with Crippen LogP contribution in [0.15, 0.2) is 36.4 Å². The Morgan fingerprint density at radius 1 is 1.53 bits per heavy atom. The maximum Gasteiger partial charge on any atom is 0.224 e. The first kappa shape index (κ1) is 11.3. The molecule has 0 radical (unpaired) electrons. The fourth-order valence-corrected chi connectivity index (χ4v) is 1.16. The largest absolute Gasteiger partial charge is 0.508 e. The second-order valence-electron chi connectivity index (χ2n) is 3.58. The number of carbonyl (C=O) groups is 1. The van der Waals surface area contributed by atoms with Crippen LogP contribution in [-0.2, 0) is 11.2 Å². The van der Waals surface area contributed by atoms with Crippen molar-refractivity contribution in [3.8, 4) is 5.75 Å². The van der Waals surface area contributed by atoms with Crippen molar-refractivity contribution in [2.24, 2.45) is 0 Å². The number of aromatic hydroxyl groups is 1. The Morgan fingerprint density at radius 3 is 2.87 bits per heavy atom. The predicted octanol–water partition coefficient (Wildman–Crippen LogP) is 1.63. The van der Waals surface area contributed by atoms with Gasteiger partial charge in [0.1, 0.15) is 5.75 Å². The molecule has 0 aliphatic carbocycles. The average Bonchev–Trinajstić information content (AvgIpc) is 2.15. The van der Waals surface area contributed by atoms with Gasteiger partial charge in [0.15, 0.2) is 0 Å². The van der Waals surface area contributed by atoms with Gasteiger partial charge >= 0.3 is 0 Å². The summed E-state index contributed by atoms with van der Waals surface area (Å²) < 4.78 is 0. The Labute approximate surface area is 89.4 Å². The van der Waals surface area contributed by atoms with E-state index in [1.165, 1.54) is 0 Å². The molecule has 0 atom stereocenters. The zero-order valence-electron chi connectivity index (χ0n) is 8.79. The molecule has 0 aliphatic heterocycles. The van der Waals surface area contributed by atoms with E-state index in [1.807, 2.05) is 6.92 Å². The fourth-order valence-electron chi connectivity index (χ4n) is 1.16. The highest BCUT2D eigenvalue weighted by Gasteiger charge is 2.02. The lowest BCUT2D eigenvalue weighted by Crippen LogP contribution is -2.26. The van der Waals surface area contributed by atoms with Crippen LogP contribution in [0.2, 0.25) is 0 Å². The molecule has 0 saturated carbocycles. The third-order valence-corrected chi connectivity index (χ3v) is 1.86. The summed E-state index contributed by atoms with van der Waals surface area (Å²) in [7, 11) is 0. The van der Waals surface area contributed by atoms with Crippen molar-refractivity contribution < 1.29 is 9.90 Å². The van der Waals surface area contributed by atoms with Gasteiger partial charge in [-0.3, -0.25) is 4.79 Å². The molecule has 3 heteroatoms. The van der Waals surface area contributed by atoms with E-state index < -0.39 is 0 Å². The number of benzene rings is 1. The molecule has 3 nitrogen and oxygen atoms in total. The molecule has 0 aliphatic rings. The van der Waals surface area contributed by atoms with Gasteiger partial charge in [-0.2, -0.15) is 0 Å². The Morgan fingerprint density at radius 2 is 2.27 bits per heavy atom. The van der Waals surface area contributed by atoms with Crippen molar-refractivity contribution in [1.29, 1.82) is 0 Å². The Balaban J connectivity index is 2.48. The van der Waals surface area contributed by atoms with Crippen LogP contribution in [0.3, 0.4) is 0 Å². The number of carbonyl (C=O) groups excluding carboxylic acids is 1. The van der Waals surface area contributed by atoms with Crippen molar-refractivity contribution in [3.63, 3.8) is 0 Å². The summed E-state index contributed by atoms with van der Waals surface area (Å²) in [4.78, 5) is 11.4. The third kappa shape index (κ3) is 4.31. The molecule has 15 heavy (non-hydrogen) atoms. The molecule has 0 spiro atoms. The van der Waals surface area contributed by atoms with Crippen molar-refractivity contribution in [2.45, 2.75) is 13.3 Å². The average molecular weight is 205 g/mol. The van der Waals surface area contributed by atoms with Gasteiger partial charge in [0, 0.05) is 6.54 Å². The number of nitrogens with one attached hydrogen (secondary N) is 1. The predicted molar refractivity (Wildman–Crippen MR) is 59.6 cm³/mol. The summed E-state index contributed by atoms with van der Waals surface area (Å²) in [5, 5.41) is 11.9. The quantitative estimate of drug-likeness (QED) is 0.734. The molecule has 1 aromatic rings. The number of phenols is 1. The maximum absolute atomic E-state index is 11.4. The van der Waals surface area contributed by atoms with E-state index in [2.05, 4.69) is 11.9 Å². The molecule has 0 bridgehead atoms. The number of phenolic OH excluding ortho intramolecular Hbond substituents is 1. The lowest BCUT2D eigenvalue weighted by Gasteiger charge is -2.04. The Hall–Kier alpha value is -1.77. The molecular weight excluding hydrogens is 190 g/mol. The van der Waals surface area contributed by atoms with Crippen LogP contribution in [0.4, 0.5) is 0 Å². The molecule has 0 fully saturated rings. The summed E-state index contributed by atoms with van der Waals surface area (Å²) in [6, 6.07) is 6.69. The number of rotatable bonds is 4. The molecule has 0 aromatic heterocycles. The van der Waals surface area contributed by atoms with Crippen LogP contribution in [0.25, 0.3) is 0 Å². The van der Waals surface area contributed by atoms with Gasteiger partial charge in [-0.25, -0.2) is 0 Å². The zero-order chi connectivity index (χ0) is 11.3. The summed E-state index contributed by atoms with van der Waals surface area (Å²) in [5.74, 6) is 0.115. The van der Waals surface area contributed by atoms with Gasteiger partial charge in [0.25, 0.3) is 0 Å². The van der Waals surface area contributed by atoms with E-state index in [9.17, 15) is 9.90 Å². The first-order valence-corrected chi connectivity index (χ1v) is 4.77. The van der Waals surface area contributed by atoms with Crippen molar-refractivity contribution in [3.05, 3.63) is 42.0 Å². The second kappa shape index (κ2) is 5.20. The van der Waals surface area contributed by atoms with Gasteiger partial charge in [-0.1, -0.05) is 24.3 Å². The van der Waals surface area contributed by atoms with Crippen molar-refractivity contribution in [1.82, 2.24) is 5.32 Å². The van der Waals surface area contributed by atoms with Gasteiger partial charge in [-0.05, 0) is 24.6 Å². The van der Waals surface area contributed by atoms with Crippen LogP contribution in [0, 0.1) is 0 Å². The van der Waals surface area contributed by atoms with E-state index in [0.717, 1.165) is 11.1 Å². The van der Waals surface area contributed by atoms with E-state index in [0.29, 0.717) is 6.54 Å². The highest BCUT2D eigenvalue weighted by Crippen LogP contribution is 2.11. The van der Waals surface area contributed by atoms with E-state index >= 15 is 0 Å². The van der Waals surface area contributed by atoms with Gasteiger partial charge < -0.3 is 10.4 Å². The lowest BCUT2D eigenvalue weighted by molar-refractivity contribution is -0.120. The minimum Gasteiger partial charge on any atom is -0.508 e. The summed E-state index contributed by atoms with van der Waals surface area (Å²) >= 11 is 0. The molecule has 2 N–H and O–H groups in total. The maximum atomic E-state index is 11.4. The molecule has 0 unspecified atom stereocenters. The molecule has 1 rings (SSSR count). The first-order valence-electron chi connectivity index (χ1n) is 4.77. The van der Waals surface area contributed by atoms with Crippen LogP contribution in [-0.4, -0.2) is 17.6 Å². The van der Waals surface area contributed by atoms with Crippen LogP contribution < -0.4 is 5.32 Å². The van der Waals surface area contributed by atoms with Gasteiger partial charge in [0.2, 0.25) is 5.91 Å². The highest BCUT2D eigenvalue weighted by atomic mass is 16.3. The number of hydrogen-bond donors (Lipinski definition) is 2. The van der Waals surface area contributed by atoms with E-state index in [1.54, 1.807) is 24.3 Å². The molecule has 0 saturated heterocycles. The Bertz CT molecular complexity index is 372. The molecule has 1 amide bonds. The van der Waals surface area contributed by atoms with E-state index in [4.69, 9.17) is 0 Å². The fraction of sp³-hybridized carbons (Fsp3) is 0.250. The normalized spacial score (nSPS) is 9.67. The third-order valence-electron chi connectivity index (χ3n) is 1.86. The monoisotopic (exact) mass is 205 g/mol. The van der Waals surface area contributed by atoms with Crippen LogP contribution in [0.1, 0.15) is 12.5 Å². The van der Waals surface area contributed by atoms with Crippen molar-refractivity contribution in [2.75, 3.05) is 6.54 Å². The standard InChI is InChI=1S/C12H15NO2/c1-9(2)8-13-12(15)7-10-4-3-5-11(14)6-10/h3-6,14H,1,7-8H2,2H3,(H,13,15). The summed E-state index contributed by atoms with van der Waals surface area (Å²) in [6.45, 7) is 6.05. The SMILES string of the molecule is C=C(C)CNC(=O)Cc1cccc(O)c1. The minimum atomic E-state index is -0.0661. The zero-order valence-corrected chi connectivity index (χ0v) is 8.79. The summed E-state index contributed by atoms with van der Waals surface area (Å²) in [6.07, 6.45) is 0.279. The molecule has 80 valence electrons.